The number of phosphoric ester groups is 1. The zero-order valence-electron chi connectivity index (χ0n) is 32.4. The highest BCUT2D eigenvalue weighted by molar-refractivity contribution is 7.46. The molecule has 0 aliphatic heterocycles. The highest BCUT2D eigenvalue weighted by Crippen LogP contribution is 2.36. The van der Waals surface area contributed by atoms with Crippen molar-refractivity contribution in [3.05, 3.63) is 12.2 Å². The number of carbonyl (C=O) groups excluding carboxylic acids is 3. The molecule has 5 atom stereocenters. The van der Waals surface area contributed by atoms with E-state index in [4.69, 9.17) is 19.3 Å². The molecule has 1 fully saturated rings. The fourth-order valence-corrected chi connectivity index (χ4v) is 7.17. The summed E-state index contributed by atoms with van der Waals surface area (Å²) in [5.41, 5.74) is 0. The second-order valence-corrected chi connectivity index (χ2v) is 16.0. The molecule has 0 aromatic rings. The zero-order valence-corrected chi connectivity index (χ0v) is 33.3. The molecule has 0 amide bonds. The summed E-state index contributed by atoms with van der Waals surface area (Å²) < 4.78 is 26.4. The Bertz CT molecular complexity index is 1010. The Morgan fingerprint density at radius 3 is 1.81 bits per heavy atom. The van der Waals surface area contributed by atoms with Crippen LogP contribution in [0.5, 0.6) is 0 Å². The van der Waals surface area contributed by atoms with Crippen molar-refractivity contribution in [2.45, 2.75) is 199 Å². The lowest BCUT2D eigenvalue weighted by Crippen LogP contribution is -2.29. The molecule has 1 rings (SSSR count). The topological polar surface area (TPSA) is 177 Å². The van der Waals surface area contributed by atoms with Gasteiger partial charge in [0.2, 0.25) is 0 Å². The van der Waals surface area contributed by atoms with E-state index in [0.29, 0.717) is 25.7 Å². The average molecular weight is 761 g/mol. The van der Waals surface area contributed by atoms with E-state index in [9.17, 15) is 29.2 Å². The number of ether oxygens (including phenoxy) is 2. The summed E-state index contributed by atoms with van der Waals surface area (Å²) >= 11 is 0. The number of carbonyl (C=O) groups is 3. The highest BCUT2D eigenvalue weighted by atomic mass is 31.2. The predicted molar refractivity (Wildman–Crippen MR) is 203 cm³/mol. The molecule has 0 saturated heterocycles. The maximum Gasteiger partial charge on any atom is 0.469 e. The van der Waals surface area contributed by atoms with Crippen LogP contribution in [0.4, 0.5) is 0 Å². The molecule has 304 valence electrons. The first-order chi connectivity index (χ1) is 25.0. The SMILES string of the molecule is CCCCCCCCCCCCCCCCC(=O)O[C@H](COC(=O)CCCCCC[C@H]1[C@@H](O)CC(=O)[C@@H]1/C=C/[C@@H](O)CCCCC)COP(=O)(O)O. The summed E-state index contributed by atoms with van der Waals surface area (Å²) in [7, 11) is -4.81. The number of allylic oxidation sites excluding steroid dienone is 1. The fraction of sp³-hybridized carbons (Fsp3) is 0.875. The number of Topliss-reactive ketones (excluding diaryl/α,β-unsaturated/α-hetero) is 1. The number of phosphoric acid groups is 1. The molecule has 4 N–H and O–H groups in total. The lowest BCUT2D eigenvalue weighted by molar-refractivity contribution is -0.161. The van der Waals surface area contributed by atoms with E-state index in [1.54, 1.807) is 12.2 Å². The minimum Gasteiger partial charge on any atom is -0.462 e. The number of aliphatic hydroxyl groups excluding tert-OH is 2. The van der Waals surface area contributed by atoms with Gasteiger partial charge in [0.1, 0.15) is 12.4 Å². The van der Waals surface area contributed by atoms with Crippen molar-refractivity contribution >= 4 is 25.5 Å². The van der Waals surface area contributed by atoms with Gasteiger partial charge >= 0.3 is 19.8 Å². The number of hydrogen-bond acceptors (Lipinski definition) is 9. The minimum atomic E-state index is -4.81. The quantitative estimate of drug-likeness (QED) is 0.0213. The molecule has 1 saturated carbocycles. The predicted octanol–water partition coefficient (Wildman–Crippen LogP) is 8.83. The van der Waals surface area contributed by atoms with E-state index in [1.807, 2.05) is 0 Å². The van der Waals surface area contributed by atoms with Crippen LogP contribution in [-0.4, -0.2) is 69.2 Å². The van der Waals surface area contributed by atoms with Gasteiger partial charge in [0.15, 0.2) is 6.10 Å². The normalized spacial score (nSPS) is 19.0. The largest absolute Gasteiger partial charge is 0.469 e. The summed E-state index contributed by atoms with van der Waals surface area (Å²) in [5.74, 6) is -1.60. The van der Waals surface area contributed by atoms with Crippen LogP contribution in [0.3, 0.4) is 0 Å². The molecular weight excluding hydrogens is 687 g/mol. The molecule has 11 nitrogen and oxygen atoms in total. The maximum atomic E-state index is 12.5. The second-order valence-electron chi connectivity index (χ2n) is 14.8. The van der Waals surface area contributed by atoms with Gasteiger partial charge in [0.05, 0.1) is 18.8 Å². The Morgan fingerprint density at radius 2 is 1.25 bits per heavy atom. The van der Waals surface area contributed by atoms with Gasteiger partial charge in [-0.05, 0) is 31.6 Å². The molecule has 0 unspecified atom stereocenters. The Balaban J connectivity index is 2.26. The molecule has 12 heteroatoms. The Morgan fingerprint density at radius 1 is 0.750 bits per heavy atom. The van der Waals surface area contributed by atoms with Crippen molar-refractivity contribution < 1.29 is 52.9 Å². The molecule has 0 bridgehead atoms. The molecular formula is C40H73O11P. The minimum absolute atomic E-state index is 0.00208. The highest BCUT2D eigenvalue weighted by Gasteiger charge is 2.39. The van der Waals surface area contributed by atoms with Crippen molar-refractivity contribution in [1.29, 1.82) is 0 Å². The van der Waals surface area contributed by atoms with Crippen molar-refractivity contribution in [3.63, 3.8) is 0 Å². The molecule has 1 aliphatic rings. The lowest BCUT2D eigenvalue weighted by Gasteiger charge is -2.19. The first-order valence-electron chi connectivity index (χ1n) is 20.6. The van der Waals surface area contributed by atoms with Gasteiger partial charge in [0, 0.05) is 25.2 Å². The number of aliphatic hydroxyl groups is 2. The zero-order chi connectivity index (χ0) is 38.5. The Kier molecular flexibility index (Phi) is 28.6. The van der Waals surface area contributed by atoms with Crippen LogP contribution < -0.4 is 0 Å². The Labute approximate surface area is 314 Å². The first kappa shape index (κ1) is 48.4. The van der Waals surface area contributed by atoms with Crippen molar-refractivity contribution in [3.8, 4) is 0 Å². The van der Waals surface area contributed by atoms with E-state index in [0.717, 1.165) is 57.8 Å². The number of rotatable bonds is 34. The smallest absolute Gasteiger partial charge is 0.462 e. The fourth-order valence-electron chi connectivity index (χ4n) is 6.81. The summed E-state index contributed by atoms with van der Waals surface area (Å²) in [6, 6.07) is 0. The first-order valence-corrected chi connectivity index (χ1v) is 22.1. The third-order valence-electron chi connectivity index (χ3n) is 9.94. The molecule has 0 spiro atoms. The van der Waals surface area contributed by atoms with Crippen molar-refractivity contribution in [2.75, 3.05) is 13.2 Å². The standard InChI is InChI=1S/C40H73O11P/c1-3-5-7-8-9-10-11-12-13-14-15-16-17-23-27-40(45)51-34(32-50-52(46,47)48)31-49-39(44)26-22-19-18-21-25-35-36(38(43)30-37(35)42)29-28-33(41)24-20-6-4-2/h28-29,33-37,41-42H,3-27,30-32H2,1-2H3,(H2,46,47,48)/b29-28+/t33-,34+,35+,36+,37-/m0/s1. The van der Waals surface area contributed by atoms with E-state index < -0.39 is 44.7 Å². The van der Waals surface area contributed by atoms with Crippen LogP contribution in [0.2, 0.25) is 0 Å². The Hall–Kier alpha value is -1.62. The molecule has 0 aromatic carbocycles. The van der Waals surface area contributed by atoms with Crippen LogP contribution in [0.1, 0.15) is 181 Å². The van der Waals surface area contributed by atoms with Crippen LogP contribution in [0, 0.1) is 11.8 Å². The monoisotopic (exact) mass is 760 g/mol. The number of hydrogen-bond donors (Lipinski definition) is 4. The molecule has 0 aromatic heterocycles. The maximum absolute atomic E-state index is 12.5. The third kappa shape index (κ3) is 26.2. The van der Waals surface area contributed by atoms with Gasteiger partial charge in [-0.2, -0.15) is 0 Å². The summed E-state index contributed by atoms with van der Waals surface area (Å²) in [6.45, 7) is 3.39. The number of esters is 2. The van der Waals surface area contributed by atoms with Crippen molar-refractivity contribution in [1.82, 2.24) is 0 Å². The average Bonchev–Trinajstić information content (AvgIpc) is 3.37. The molecule has 1 aliphatic carbocycles. The number of ketones is 1. The van der Waals surface area contributed by atoms with Crippen LogP contribution in [-0.2, 0) is 32.9 Å². The van der Waals surface area contributed by atoms with Crippen LogP contribution in [0.15, 0.2) is 12.2 Å². The lowest BCUT2D eigenvalue weighted by atomic mass is 9.88. The van der Waals surface area contributed by atoms with Gasteiger partial charge in [0.25, 0.3) is 0 Å². The summed E-state index contributed by atoms with van der Waals surface area (Å²) in [5, 5.41) is 20.7. The number of unbranched alkanes of at least 4 members (excludes halogenated alkanes) is 18. The summed E-state index contributed by atoms with van der Waals surface area (Å²) in [6.07, 6.45) is 25.5. The van der Waals surface area contributed by atoms with Crippen LogP contribution in [0.25, 0.3) is 0 Å². The molecule has 0 radical (unpaired) electrons. The second kappa shape index (κ2) is 30.7. The van der Waals surface area contributed by atoms with E-state index in [2.05, 4.69) is 18.4 Å². The van der Waals surface area contributed by atoms with Gasteiger partial charge < -0.3 is 29.5 Å². The van der Waals surface area contributed by atoms with Gasteiger partial charge in [-0.3, -0.25) is 18.9 Å². The molecule has 0 heterocycles. The van der Waals surface area contributed by atoms with Crippen molar-refractivity contribution in [2.24, 2.45) is 11.8 Å². The summed E-state index contributed by atoms with van der Waals surface area (Å²) in [4.78, 5) is 55.5. The molecule has 52 heavy (non-hydrogen) atoms. The van der Waals surface area contributed by atoms with Gasteiger partial charge in [-0.15, -0.1) is 0 Å². The van der Waals surface area contributed by atoms with Gasteiger partial charge in [-0.25, -0.2) is 4.57 Å². The third-order valence-corrected chi connectivity index (χ3v) is 10.4. The van der Waals surface area contributed by atoms with E-state index in [-0.39, 0.29) is 43.5 Å². The van der Waals surface area contributed by atoms with E-state index >= 15 is 0 Å². The van der Waals surface area contributed by atoms with Crippen LogP contribution >= 0.6 is 7.82 Å². The van der Waals surface area contributed by atoms with Gasteiger partial charge in [-0.1, -0.05) is 148 Å². The van der Waals surface area contributed by atoms with E-state index in [1.165, 1.54) is 64.2 Å².